The Bertz CT molecular complexity index is 623. The molecular weight excluding hydrogens is 254 g/mol. The molecule has 1 aliphatic rings. The van der Waals surface area contributed by atoms with Gasteiger partial charge in [0.15, 0.2) is 0 Å². The molecule has 6 nitrogen and oxygen atoms in total. The molecule has 6 heteroatoms. The molecule has 2 aromatic rings. The van der Waals surface area contributed by atoms with Crippen LogP contribution in [0.25, 0.3) is 0 Å². The summed E-state index contributed by atoms with van der Waals surface area (Å²) in [4.78, 5) is 12.2. The van der Waals surface area contributed by atoms with Gasteiger partial charge in [0.1, 0.15) is 0 Å². The summed E-state index contributed by atoms with van der Waals surface area (Å²) in [5.74, 6) is 0.636. The normalized spacial score (nSPS) is 14.5. The molecule has 20 heavy (non-hydrogen) atoms. The molecule has 3 rings (SSSR count). The van der Waals surface area contributed by atoms with Gasteiger partial charge in [-0.2, -0.15) is 10.2 Å². The quantitative estimate of drug-likeness (QED) is 0.907. The van der Waals surface area contributed by atoms with Crippen LogP contribution in [0.4, 0.5) is 5.69 Å². The number of aromatic nitrogens is 4. The van der Waals surface area contributed by atoms with Crippen LogP contribution in [0.15, 0.2) is 18.6 Å². The lowest BCUT2D eigenvalue weighted by molar-refractivity contribution is 0.102. The van der Waals surface area contributed by atoms with E-state index in [-0.39, 0.29) is 5.91 Å². The topological polar surface area (TPSA) is 64.7 Å². The van der Waals surface area contributed by atoms with Crippen LogP contribution in [0.2, 0.25) is 0 Å². The maximum Gasteiger partial charge on any atom is 0.259 e. The Hall–Kier alpha value is -2.11. The number of anilines is 1. The lowest BCUT2D eigenvalue weighted by Crippen LogP contribution is -2.12. The largest absolute Gasteiger partial charge is 0.319 e. The number of nitrogens with one attached hydrogen (secondary N) is 1. The Balaban J connectivity index is 1.67. The van der Waals surface area contributed by atoms with Crippen molar-refractivity contribution in [2.45, 2.75) is 39.8 Å². The first kappa shape index (κ1) is 12.9. The van der Waals surface area contributed by atoms with Gasteiger partial charge in [-0.15, -0.1) is 0 Å². The van der Waals surface area contributed by atoms with E-state index in [2.05, 4.69) is 15.5 Å². The zero-order valence-electron chi connectivity index (χ0n) is 11.8. The number of rotatable bonds is 5. The van der Waals surface area contributed by atoms with Crippen LogP contribution in [0.5, 0.6) is 0 Å². The van der Waals surface area contributed by atoms with Crippen molar-refractivity contribution in [1.29, 1.82) is 0 Å². The maximum absolute atomic E-state index is 12.2. The van der Waals surface area contributed by atoms with Crippen molar-refractivity contribution in [2.24, 2.45) is 5.92 Å². The van der Waals surface area contributed by atoms with Crippen molar-refractivity contribution >= 4 is 11.6 Å². The summed E-state index contributed by atoms with van der Waals surface area (Å²) >= 11 is 0. The van der Waals surface area contributed by atoms with Crippen LogP contribution in [0, 0.1) is 12.8 Å². The van der Waals surface area contributed by atoms with Gasteiger partial charge in [0.25, 0.3) is 5.91 Å². The maximum atomic E-state index is 12.2. The van der Waals surface area contributed by atoms with E-state index >= 15 is 0 Å². The lowest BCUT2D eigenvalue weighted by Gasteiger charge is -2.00. The molecule has 0 aromatic carbocycles. The van der Waals surface area contributed by atoms with Gasteiger partial charge in [0.05, 0.1) is 23.1 Å². The van der Waals surface area contributed by atoms with Gasteiger partial charge in [-0.25, -0.2) is 0 Å². The van der Waals surface area contributed by atoms with E-state index in [4.69, 9.17) is 0 Å². The average Bonchev–Trinajstić information content (AvgIpc) is 2.98. The Kier molecular flexibility index (Phi) is 3.30. The highest BCUT2D eigenvalue weighted by molar-refractivity contribution is 6.04. The second-order valence-corrected chi connectivity index (χ2v) is 5.33. The van der Waals surface area contributed by atoms with Gasteiger partial charge in [-0.3, -0.25) is 14.2 Å². The van der Waals surface area contributed by atoms with Crippen molar-refractivity contribution in [3.05, 3.63) is 29.8 Å². The molecule has 0 atom stereocenters. The van der Waals surface area contributed by atoms with Crippen molar-refractivity contribution in [3.63, 3.8) is 0 Å². The first-order valence-electron chi connectivity index (χ1n) is 7.03. The van der Waals surface area contributed by atoms with E-state index in [1.54, 1.807) is 17.1 Å². The first-order valence-corrected chi connectivity index (χ1v) is 7.03. The number of hydrogen-bond donors (Lipinski definition) is 1. The molecule has 0 bridgehead atoms. The average molecular weight is 273 g/mol. The summed E-state index contributed by atoms with van der Waals surface area (Å²) in [6.45, 7) is 5.55. The van der Waals surface area contributed by atoms with Crippen LogP contribution >= 0.6 is 0 Å². The molecule has 2 aromatic heterocycles. The summed E-state index contributed by atoms with van der Waals surface area (Å²) in [6.07, 6.45) is 7.93. The lowest BCUT2D eigenvalue weighted by atomic mass is 10.2. The van der Waals surface area contributed by atoms with Gasteiger partial charge < -0.3 is 5.32 Å². The van der Waals surface area contributed by atoms with Gasteiger partial charge in [0, 0.05) is 25.5 Å². The van der Waals surface area contributed by atoms with Crippen molar-refractivity contribution in [2.75, 3.05) is 5.32 Å². The van der Waals surface area contributed by atoms with E-state index in [1.807, 2.05) is 24.7 Å². The molecule has 1 amide bonds. The number of aryl methyl sites for hydroxylation is 2. The van der Waals surface area contributed by atoms with E-state index in [9.17, 15) is 4.79 Å². The van der Waals surface area contributed by atoms with Gasteiger partial charge in [-0.1, -0.05) is 0 Å². The molecule has 1 aliphatic carbocycles. The third kappa shape index (κ3) is 2.74. The number of amides is 1. The molecule has 0 saturated heterocycles. The standard InChI is InChI=1S/C14H19N5O/c1-3-18-9-13(10(2)17-18)14(20)16-12-6-15-19(8-12)7-11-4-5-11/h6,8-9,11H,3-5,7H2,1-2H3,(H,16,20). The summed E-state index contributed by atoms with van der Waals surface area (Å²) in [6, 6.07) is 0. The van der Waals surface area contributed by atoms with Crippen LogP contribution < -0.4 is 5.32 Å². The minimum absolute atomic E-state index is 0.131. The van der Waals surface area contributed by atoms with Crippen LogP contribution in [-0.2, 0) is 13.1 Å². The van der Waals surface area contributed by atoms with Crippen LogP contribution in [0.3, 0.4) is 0 Å². The Morgan fingerprint density at radius 3 is 2.85 bits per heavy atom. The monoisotopic (exact) mass is 273 g/mol. The predicted molar refractivity (Wildman–Crippen MR) is 75.5 cm³/mol. The highest BCUT2D eigenvalue weighted by atomic mass is 16.1. The van der Waals surface area contributed by atoms with Gasteiger partial charge >= 0.3 is 0 Å². The Morgan fingerprint density at radius 1 is 1.40 bits per heavy atom. The summed E-state index contributed by atoms with van der Waals surface area (Å²) < 4.78 is 3.66. The fourth-order valence-electron chi connectivity index (χ4n) is 2.19. The van der Waals surface area contributed by atoms with Crippen LogP contribution in [-0.4, -0.2) is 25.5 Å². The molecule has 1 saturated carbocycles. The molecule has 106 valence electrons. The van der Waals surface area contributed by atoms with E-state index in [0.29, 0.717) is 5.56 Å². The molecule has 1 fully saturated rings. The third-order valence-corrected chi connectivity index (χ3v) is 3.55. The molecular formula is C14H19N5O. The molecule has 0 spiro atoms. The zero-order chi connectivity index (χ0) is 14.1. The van der Waals surface area contributed by atoms with E-state index in [1.165, 1.54) is 12.8 Å². The third-order valence-electron chi connectivity index (χ3n) is 3.55. The van der Waals surface area contributed by atoms with Crippen molar-refractivity contribution in [1.82, 2.24) is 19.6 Å². The number of carbonyl (C=O) groups excluding carboxylic acids is 1. The Labute approximate surface area is 117 Å². The summed E-state index contributed by atoms with van der Waals surface area (Å²) in [7, 11) is 0. The SMILES string of the molecule is CCn1cc(C(=O)Nc2cnn(CC3CC3)c2)c(C)n1. The smallest absolute Gasteiger partial charge is 0.259 e. The molecule has 0 unspecified atom stereocenters. The van der Waals surface area contributed by atoms with Gasteiger partial charge in [0.2, 0.25) is 0 Å². The molecule has 2 heterocycles. The van der Waals surface area contributed by atoms with Crippen LogP contribution in [0.1, 0.15) is 35.8 Å². The zero-order valence-corrected chi connectivity index (χ0v) is 11.8. The van der Waals surface area contributed by atoms with E-state index in [0.717, 1.165) is 30.4 Å². The summed E-state index contributed by atoms with van der Waals surface area (Å²) in [5, 5.41) is 11.4. The molecule has 0 aliphatic heterocycles. The summed E-state index contributed by atoms with van der Waals surface area (Å²) in [5.41, 5.74) is 2.09. The second kappa shape index (κ2) is 5.11. The minimum Gasteiger partial charge on any atom is -0.319 e. The van der Waals surface area contributed by atoms with Crippen molar-refractivity contribution < 1.29 is 4.79 Å². The highest BCUT2D eigenvalue weighted by Gasteiger charge is 2.22. The fourth-order valence-corrected chi connectivity index (χ4v) is 2.19. The number of nitrogens with zero attached hydrogens (tertiary/aromatic N) is 4. The molecule has 0 radical (unpaired) electrons. The number of hydrogen-bond acceptors (Lipinski definition) is 3. The number of carbonyl (C=O) groups is 1. The van der Waals surface area contributed by atoms with E-state index < -0.39 is 0 Å². The first-order chi connectivity index (χ1) is 9.65. The molecule has 1 N–H and O–H groups in total. The predicted octanol–water partition coefficient (Wildman–Crippen LogP) is 2.07. The van der Waals surface area contributed by atoms with Crippen molar-refractivity contribution in [3.8, 4) is 0 Å². The fraction of sp³-hybridized carbons (Fsp3) is 0.500. The minimum atomic E-state index is -0.131. The highest BCUT2D eigenvalue weighted by Crippen LogP contribution is 2.30. The second-order valence-electron chi connectivity index (χ2n) is 5.33. The Morgan fingerprint density at radius 2 is 2.20 bits per heavy atom. The van der Waals surface area contributed by atoms with Gasteiger partial charge in [-0.05, 0) is 32.6 Å².